The molecule has 0 bridgehead atoms. The van der Waals surface area contributed by atoms with Crippen molar-refractivity contribution in [1.29, 1.82) is 0 Å². The fraction of sp³-hybridized carbons (Fsp3) is 0.263. The van der Waals surface area contributed by atoms with E-state index >= 15 is 0 Å². The number of carbonyl (C=O) groups excluding carboxylic acids is 3. The zero-order valence-corrected chi connectivity index (χ0v) is 16.1. The van der Waals surface area contributed by atoms with E-state index in [4.69, 9.17) is 5.73 Å². The van der Waals surface area contributed by atoms with Crippen molar-refractivity contribution in [2.45, 2.75) is 25.4 Å². The van der Waals surface area contributed by atoms with E-state index in [0.717, 1.165) is 5.56 Å². The van der Waals surface area contributed by atoms with E-state index < -0.39 is 11.9 Å². The Hall–Kier alpha value is -4.02. The molecule has 0 spiro atoms. The summed E-state index contributed by atoms with van der Waals surface area (Å²) in [5.74, 6) is -0.460. The molecule has 11 heteroatoms. The molecule has 1 atom stereocenters. The number of nitrogens with two attached hydrogens (primary N) is 1. The fourth-order valence-corrected chi connectivity index (χ4v) is 3.80. The number of benzene rings is 1. The summed E-state index contributed by atoms with van der Waals surface area (Å²) in [6.45, 7) is 0.330. The van der Waals surface area contributed by atoms with E-state index in [-0.39, 0.29) is 18.2 Å². The molecule has 0 aliphatic carbocycles. The highest BCUT2D eigenvalue weighted by Crippen LogP contribution is 2.29. The number of nitrogen functional groups attached to an aromatic ring is 1. The molecule has 1 unspecified atom stereocenters. The van der Waals surface area contributed by atoms with Crippen molar-refractivity contribution in [1.82, 2.24) is 35.0 Å². The van der Waals surface area contributed by atoms with Gasteiger partial charge in [-0.2, -0.15) is 5.10 Å². The van der Waals surface area contributed by atoms with Gasteiger partial charge in [-0.25, -0.2) is 4.68 Å². The molecule has 1 aromatic carbocycles. The van der Waals surface area contributed by atoms with Crippen LogP contribution >= 0.6 is 0 Å². The number of nitrogens with one attached hydrogen (secondary N) is 1. The Balaban J connectivity index is 1.41. The number of piperidine rings is 1. The summed E-state index contributed by atoms with van der Waals surface area (Å²) >= 11 is 0. The summed E-state index contributed by atoms with van der Waals surface area (Å²) in [7, 11) is 1.74. The van der Waals surface area contributed by atoms with E-state index in [1.807, 2.05) is 12.1 Å². The number of imide groups is 1. The second-order valence-electron chi connectivity index (χ2n) is 7.37. The molecule has 4 heterocycles. The minimum absolute atomic E-state index is 0.224. The summed E-state index contributed by atoms with van der Waals surface area (Å²) in [5.41, 5.74) is 8.97. The Bertz CT molecular complexity index is 1190. The second kappa shape index (κ2) is 6.51. The van der Waals surface area contributed by atoms with Crippen LogP contribution in [-0.4, -0.2) is 53.4 Å². The SMILES string of the molecule is Cn1nc(-c2cn(-c3ccc4c(c3)C(=O)N(C3CCC(=O)NC3=O)C4)nn2)cc1N. The maximum atomic E-state index is 13.0. The van der Waals surface area contributed by atoms with Gasteiger partial charge in [-0.15, -0.1) is 5.10 Å². The third-order valence-electron chi connectivity index (χ3n) is 5.45. The predicted octanol–water partition coefficient (Wildman–Crippen LogP) is 0.0110. The second-order valence-corrected chi connectivity index (χ2v) is 7.37. The van der Waals surface area contributed by atoms with Crippen molar-refractivity contribution in [3.8, 4) is 17.1 Å². The van der Waals surface area contributed by atoms with E-state index in [1.54, 1.807) is 34.7 Å². The molecule has 0 saturated carbocycles. The Morgan fingerprint density at radius 1 is 1.17 bits per heavy atom. The van der Waals surface area contributed by atoms with Crippen molar-refractivity contribution in [2.75, 3.05) is 5.73 Å². The van der Waals surface area contributed by atoms with Crippen LogP contribution in [0.3, 0.4) is 0 Å². The molecule has 0 radical (unpaired) electrons. The maximum absolute atomic E-state index is 13.0. The van der Waals surface area contributed by atoms with Crippen LogP contribution in [-0.2, 0) is 23.2 Å². The van der Waals surface area contributed by atoms with Crippen molar-refractivity contribution in [2.24, 2.45) is 7.05 Å². The number of nitrogens with zero attached hydrogens (tertiary/aromatic N) is 6. The van der Waals surface area contributed by atoms with E-state index in [9.17, 15) is 14.4 Å². The first-order valence-corrected chi connectivity index (χ1v) is 9.41. The van der Waals surface area contributed by atoms with E-state index in [1.165, 1.54) is 4.90 Å². The minimum atomic E-state index is -0.640. The average molecular weight is 406 g/mol. The lowest BCUT2D eigenvalue weighted by Crippen LogP contribution is -2.52. The monoisotopic (exact) mass is 406 g/mol. The molecule has 30 heavy (non-hydrogen) atoms. The van der Waals surface area contributed by atoms with Gasteiger partial charge in [0.25, 0.3) is 5.91 Å². The first kappa shape index (κ1) is 18.0. The summed E-state index contributed by atoms with van der Waals surface area (Å²) in [4.78, 5) is 38.0. The number of carbonyl (C=O) groups is 3. The molecule has 1 saturated heterocycles. The Morgan fingerprint density at radius 3 is 2.73 bits per heavy atom. The Labute approximate surface area is 170 Å². The molecule has 3 aromatic rings. The van der Waals surface area contributed by atoms with Crippen LogP contribution in [0.1, 0.15) is 28.8 Å². The van der Waals surface area contributed by atoms with E-state index in [2.05, 4.69) is 20.7 Å². The average Bonchev–Trinajstić information content (AvgIpc) is 3.41. The zero-order valence-electron chi connectivity index (χ0n) is 16.1. The fourth-order valence-electron chi connectivity index (χ4n) is 3.80. The molecule has 3 N–H and O–H groups in total. The lowest BCUT2D eigenvalue weighted by atomic mass is 10.0. The molecule has 1 fully saturated rings. The van der Waals surface area contributed by atoms with E-state index in [0.29, 0.717) is 41.4 Å². The molecule has 5 rings (SSSR count). The highest BCUT2D eigenvalue weighted by molar-refractivity contribution is 6.05. The molecule has 2 aromatic heterocycles. The highest BCUT2D eigenvalue weighted by atomic mass is 16.2. The normalized spacial score (nSPS) is 18.6. The van der Waals surface area contributed by atoms with Crippen molar-refractivity contribution < 1.29 is 14.4 Å². The molecule has 3 amide bonds. The van der Waals surface area contributed by atoms with Crippen LogP contribution in [0.15, 0.2) is 30.5 Å². The third-order valence-corrected chi connectivity index (χ3v) is 5.45. The quantitative estimate of drug-likeness (QED) is 0.584. The number of fused-ring (bicyclic) bond motifs is 1. The molecule has 2 aliphatic heterocycles. The summed E-state index contributed by atoms with van der Waals surface area (Å²) in [6.07, 6.45) is 2.26. The number of aryl methyl sites for hydroxylation is 1. The maximum Gasteiger partial charge on any atom is 0.255 e. The van der Waals surface area contributed by atoms with Gasteiger partial charge in [-0.3, -0.25) is 24.4 Å². The largest absolute Gasteiger partial charge is 0.384 e. The van der Waals surface area contributed by atoms with Gasteiger partial charge in [0.2, 0.25) is 11.8 Å². The first-order valence-electron chi connectivity index (χ1n) is 9.41. The van der Waals surface area contributed by atoms with Crippen LogP contribution < -0.4 is 11.1 Å². The van der Waals surface area contributed by atoms with Crippen LogP contribution in [0, 0.1) is 0 Å². The van der Waals surface area contributed by atoms with Gasteiger partial charge in [-0.05, 0) is 24.1 Å². The van der Waals surface area contributed by atoms with Gasteiger partial charge in [-0.1, -0.05) is 11.3 Å². The third kappa shape index (κ3) is 2.82. The smallest absolute Gasteiger partial charge is 0.255 e. The van der Waals surface area contributed by atoms with Crippen LogP contribution in [0.25, 0.3) is 17.1 Å². The minimum Gasteiger partial charge on any atom is -0.384 e. The number of amides is 3. The summed E-state index contributed by atoms with van der Waals surface area (Å²) in [5, 5.41) is 14.9. The van der Waals surface area contributed by atoms with Gasteiger partial charge in [0.05, 0.1) is 11.9 Å². The lowest BCUT2D eigenvalue weighted by molar-refractivity contribution is -0.136. The van der Waals surface area contributed by atoms with Gasteiger partial charge >= 0.3 is 0 Å². The molecular formula is C19H18N8O3. The molecule has 152 valence electrons. The van der Waals surface area contributed by atoms with Crippen LogP contribution in [0.4, 0.5) is 5.82 Å². The van der Waals surface area contributed by atoms with Gasteiger partial charge in [0, 0.05) is 31.6 Å². The number of aromatic nitrogens is 5. The van der Waals surface area contributed by atoms with Crippen LogP contribution in [0.2, 0.25) is 0 Å². The standard InChI is InChI=1S/C19H18N8O3/c1-25-16(20)7-13(23-25)14-9-27(24-22-14)11-3-2-10-8-26(19(30)12(10)6-11)15-4-5-17(28)21-18(15)29/h2-3,6-7,9,15H,4-5,8,20H2,1H3,(H,21,28,29). The number of anilines is 1. The van der Waals surface area contributed by atoms with Crippen molar-refractivity contribution in [3.63, 3.8) is 0 Å². The van der Waals surface area contributed by atoms with Crippen LogP contribution in [0.5, 0.6) is 0 Å². The lowest BCUT2D eigenvalue weighted by Gasteiger charge is -2.29. The zero-order chi connectivity index (χ0) is 21.0. The topological polar surface area (TPSA) is 141 Å². The Morgan fingerprint density at radius 2 is 2.00 bits per heavy atom. The first-order chi connectivity index (χ1) is 14.4. The number of hydrogen-bond acceptors (Lipinski definition) is 7. The van der Waals surface area contributed by atoms with Gasteiger partial charge < -0.3 is 10.6 Å². The van der Waals surface area contributed by atoms with Gasteiger partial charge in [0.15, 0.2) is 0 Å². The highest BCUT2D eigenvalue weighted by Gasteiger charge is 2.39. The predicted molar refractivity (Wildman–Crippen MR) is 104 cm³/mol. The number of rotatable bonds is 3. The molecule has 11 nitrogen and oxygen atoms in total. The van der Waals surface area contributed by atoms with Crippen molar-refractivity contribution in [3.05, 3.63) is 41.6 Å². The summed E-state index contributed by atoms with van der Waals surface area (Å²) in [6, 6.07) is 6.48. The Kier molecular flexibility index (Phi) is 3.91. The number of hydrogen-bond donors (Lipinski definition) is 2. The van der Waals surface area contributed by atoms with Crippen molar-refractivity contribution >= 4 is 23.5 Å². The van der Waals surface area contributed by atoms with Gasteiger partial charge in [0.1, 0.15) is 23.2 Å². The summed E-state index contributed by atoms with van der Waals surface area (Å²) < 4.78 is 3.11. The molecule has 2 aliphatic rings. The molecular weight excluding hydrogens is 388 g/mol.